The molecule has 140 valence electrons. The molecule has 1 aromatic carbocycles. The molecule has 9 heteroatoms. The molecule has 0 bridgehead atoms. The van der Waals surface area contributed by atoms with Gasteiger partial charge in [0.2, 0.25) is 11.1 Å². The van der Waals surface area contributed by atoms with E-state index in [0.717, 1.165) is 19.3 Å². The average molecular weight is 377 g/mol. The van der Waals surface area contributed by atoms with Crippen molar-refractivity contribution in [1.29, 1.82) is 0 Å². The van der Waals surface area contributed by atoms with Crippen molar-refractivity contribution in [3.63, 3.8) is 0 Å². The zero-order chi connectivity index (χ0) is 18.9. The Morgan fingerprint density at radius 3 is 2.81 bits per heavy atom. The highest BCUT2D eigenvalue weighted by Crippen LogP contribution is 2.17. The summed E-state index contributed by atoms with van der Waals surface area (Å²) in [7, 11) is 0. The SMILES string of the molecule is CCCOC(=O)c1cccc(NC(=O)CSc2nnc(CCC)n2N)c1. The number of hydrogen-bond acceptors (Lipinski definition) is 7. The number of carbonyl (C=O) groups excluding carboxylic acids is 2. The number of aryl methyl sites for hydroxylation is 1. The van der Waals surface area contributed by atoms with Crippen LogP contribution in [0, 0.1) is 0 Å². The lowest BCUT2D eigenvalue weighted by Crippen LogP contribution is -2.17. The lowest BCUT2D eigenvalue weighted by Gasteiger charge is -2.07. The molecule has 1 heterocycles. The van der Waals surface area contributed by atoms with E-state index in [1.165, 1.54) is 16.4 Å². The first-order chi connectivity index (χ1) is 12.5. The molecule has 8 nitrogen and oxygen atoms in total. The van der Waals surface area contributed by atoms with Gasteiger partial charge in [0.1, 0.15) is 0 Å². The summed E-state index contributed by atoms with van der Waals surface area (Å²) in [6, 6.07) is 6.64. The zero-order valence-electron chi connectivity index (χ0n) is 14.9. The maximum atomic E-state index is 12.1. The number of benzene rings is 1. The van der Waals surface area contributed by atoms with E-state index in [4.69, 9.17) is 10.6 Å². The Morgan fingerprint density at radius 1 is 1.27 bits per heavy atom. The molecular weight excluding hydrogens is 354 g/mol. The molecule has 0 saturated heterocycles. The van der Waals surface area contributed by atoms with E-state index in [1.807, 2.05) is 13.8 Å². The van der Waals surface area contributed by atoms with Crippen molar-refractivity contribution in [3.05, 3.63) is 35.7 Å². The minimum atomic E-state index is -0.406. The minimum Gasteiger partial charge on any atom is -0.462 e. The molecule has 2 rings (SSSR count). The Kier molecular flexibility index (Phi) is 7.46. The number of ether oxygens (including phenoxy) is 1. The number of thioether (sulfide) groups is 1. The number of rotatable bonds is 9. The number of amides is 1. The van der Waals surface area contributed by atoms with Crippen molar-refractivity contribution in [1.82, 2.24) is 14.9 Å². The maximum Gasteiger partial charge on any atom is 0.338 e. The Balaban J connectivity index is 1.90. The topological polar surface area (TPSA) is 112 Å². The van der Waals surface area contributed by atoms with Crippen LogP contribution in [0.15, 0.2) is 29.4 Å². The lowest BCUT2D eigenvalue weighted by molar-refractivity contribution is -0.113. The van der Waals surface area contributed by atoms with Crippen LogP contribution in [0.1, 0.15) is 42.9 Å². The smallest absolute Gasteiger partial charge is 0.338 e. The molecule has 1 amide bonds. The number of nitrogens with one attached hydrogen (secondary N) is 1. The predicted molar refractivity (Wildman–Crippen MR) is 101 cm³/mol. The first-order valence-corrected chi connectivity index (χ1v) is 9.42. The van der Waals surface area contributed by atoms with Crippen molar-refractivity contribution < 1.29 is 14.3 Å². The second-order valence-corrected chi connectivity index (χ2v) is 6.51. The van der Waals surface area contributed by atoms with Gasteiger partial charge in [-0.2, -0.15) is 0 Å². The minimum absolute atomic E-state index is 0.131. The number of aromatic nitrogens is 3. The molecule has 0 fully saturated rings. The van der Waals surface area contributed by atoms with Crippen LogP contribution in [-0.4, -0.2) is 39.1 Å². The highest BCUT2D eigenvalue weighted by Gasteiger charge is 2.13. The molecule has 0 atom stereocenters. The summed E-state index contributed by atoms with van der Waals surface area (Å²) in [5, 5.41) is 11.2. The van der Waals surface area contributed by atoms with Gasteiger partial charge in [-0.15, -0.1) is 10.2 Å². The van der Waals surface area contributed by atoms with Gasteiger partial charge in [-0.25, -0.2) is 9.47 Å². The third-order valence-electron chi connectivity index (χ3n) is 3.36. The molecular formula is C17H23N5O3S. The Hall–Kier alpha value is -2.55. The fourth-order valence-electron chi connectivity index (χ4n) is 2.13. The summed E-state index contributed by atoms with van der Waals surface area (Å²) >= 11 is 1.20. The number of nitrogen functional groups attached to an aromatic ring is 1. The maximum absolute atomic E-state index is 12.1. The van der Waals surface area contributed by atoms with Gasteiger partial charge in [-0.3, -0.25) is 4.79 Å². The molecule has 0 saturated carbocycles. The van der Waals surface area contributed by atoms with Gasteiger partial charge >= 0.3 is 5.97 Å². The van der Waals surface area contributed by atoms with Gasteiger partial charge in [0.15, 0.2) is 5.82 Å². The van der Waals surface area contributed by atoms with Crippen LogP contribution in [0.5, 0.6) is 0 Å². The molecule has 0 radical (unpaired) electrons. The molecule has 0 spiro atoms. The summed E-state index contributed by atoms with van der Waals surface area (Å²) in [6.07, 6.45) is 2.40. The van der Waals surface area contributed by atoms with Crippen LogP contribution in [0.25, 0.3) is 0 Å². The first-order valence-electron chi connectivity index (χ1n) is 8.44. The highest BCUT2D eigenvalue weighted by atomic mass is 32.2. The third kappa shape index (κ3) is 5.48. The van der Waals surface area contributed by atoms with Crippen molar-refractivity contribution in [2.75, 3.05) is 23.5 Å². The summed E-state index contributed by atoms with van der Waals surface area (Å²) in [5.74, 6) is 6.10. The van der Waals surface area contributed by atoms with E-state index in [-0.39, 0.29) is 11.7 Å². The highest BCUT2D eigenvalue weighted by molar-refractivity contribution is 7.99. The number of esters is 1. The van der Waals surface area contributed by atoms with Crippen LogP contribution >= 0.6 is 11.8 Å². The van der Waals surface area contributed by atoms with Crippen molar-refractivity contribution in [2.24, 2.45) is 0 Å². The second kappa shape index (κ2) is 9.81. The van der Waals surface area contributed by atoms with Crippen LogP contribution < -0.4 is 11.2 Å². The van der Waals surface area contributed by atoms with Gasteiger partial charge in [-0.05, 0) is 31.0 Å². The van der Waals surface area contributed by atoms with Gasteiger partial charge in [0.25, 0.3) is 0 Å². The van der Waals surface area contributed by atoms with Crippen LogP contribution in [0.2, 0.25) is 0 Å². The Bertz CT molecular complexity index is 763. The fourth-order valence-corrected chi connectivity index (χ4v) is 2.80. The molecule has 26 heavy (non-hydrogen) atoms. The summed E-state index contributed by atoms with van der Waals surface area (Å²) in [4.78, 5) is 24.0. The third-order valence-corrected chi connectivity index (χ3v) is 4.30. The van der Waals surface area contributed by atoms with Gasteiger partial charge in [0.05, 0.1) is 17.9 Å². The quantitative estimate of drug-likeness (QED) is 0.391. The Labute approximate surface area is 156 Å². The fraction of sp³-hybridized carbons (Fsp3) is 0.412. The number of anilines is 1. The van der Waals surface area contributed by atoms with Crippen molar-refractivity contribution in [3.8, 4) is 0 Å². The van der Waals surface area contributed by atoms with Crippen molar-refractivity contribution >= 4 is 29.3 Å². The first kappa shape index (κ1) is 19.8. The monoisotopic (exact) mass is 377 g/mol. The molecule has 0 unspecified atom stereocenters. The predicted octanol–water partition coefficient (Wildman–Crippen LogP) is 2.24. The average Bonchev–Trinajstić information content (AvgIpc) is 2.98. The van der Waals surface area contributed by atoms with E-state index in [9.17, 15) is 9.59 Å². The van der Waals surface area contributed by atoms with Gasteiger partial charge < -0.3 is 15.9 Å². The van der Waals surface area contributed by atoms with Gasteiger partial charge in [-0.1, -0.05) is 31.7 Å². The molecule has 2 aromatic rings. The largest absolute Gasteiger partial charge is 0.462 e. The molecule has 0 aliphatic heterocycles. The molecule has 3 N–H and O–H groups in total. The van der Waals surface area contributed by atoms with Crippen LogP contribution in [0.3, 0.4) is 0 Å². The Morgan fingerprint density at radius 2 is 2.08 bits per heavy atom. The molecule has 0 aliphatic rings. The van der Waals surface area contributed by atoms with E-state index < -0.39 is 5.97 Å². The van der Waals surface area contributed by atoms with E-state index in [1.54, 1.807) is 24.3 Å². The summed E-state index contributed by atoms with van der Waals surface area (Å²) < 4.78 is 6.50. The van der Waals surface area contributed by atoms with E-state index >= 15 is 0 Å². The number of nitrogens with two attached hydrogens (primary N) is 1. The second-order valence-electron chi connectivity index (χ2n) is 5.57. The van der Waals surface area contributed by atoms with Crippen molar-refractivity contribution in [2.45, 2.75) is 38.3 Å². The number of hydrogen-bond donors (Lipinski definition) is 2. The lowest BCUT2D eigenvalue weighted by atomic mass is 10.2. The number of nitrogens with zero attached hydrogens (tertiary/aromatic N) is 3. The van der Waals surface area contributed by atoms with E-state index in [0.29, 0.717) is 28.8 Å². The zero-order valence-corrected chi connectivity index (χ0v) is 15.7. The normalized spacial score (nSPS) is 10.5. The standard InChI is InChI=1S/C17H23N5O3S/c1-3-6-14-20-21-17(22(14)18)26-11-15(23)19-13-8-5-7-12(10-13)16(24)25-9-4-2/h5,7-8,10H,3-4,6,9,11,18H2,1-2H3,(H,19,23). The number of carbonyl (C=O) groups is 2. The summed E-state index contributed by atoms with van der Waals surface area (Å²) in [6.45, 7) is 4.32. The molecule has 0 aliphatic carbocycles. The molecule has 1 aromatic heterocycles. The van der Waals surface area contributed by atoms with Gasteiger partial charge in [0, 0.05) is 12.1 Å². The summed E-state index contributed by atoms with van der Waals surface area (Å²) in [5.41, 5.74) is 0.928. The van der Waals surface area contributed by atoms with Crippen LogP contribution in [-0.2, 0) is 16.0 Å². The van der Waals surface area contributed by atoms with Crippen LogP contribution in [0.4, 0.5) is 5.69 Å². The van der Waals surface area contributed by atoms with E-state index in [2.05, 4.69) is 15.5 Å².